The molecule has 8 heteroatoms. The van der Waals surface area contributed by atoms with Crippen molar-refractivity contribution in [3.63, 3.8) is 0 Å². The van der Waals surface area contributed by atoms with Crippen molar-refractivity contribution in [2.75, 3.05) is 6.54 Å². The lowest BCUT2D eigenvalue weighted by molar-refractivity contribution is 0.00296. The van der Waals surface area contributed by atoms with E-state index in [-0.39, 0.29) is 41.7 Å². The zero-order valence-corrected chi connectivity index (χ0v) is 19.7. The minimum Gasteiger partial charge on any atom is -0.483 e. The van der Waals surface area contributed by atoms with Crippen LogP contribution < -0.4 is 21.2 Å². The van der Waals surface area contributed by atoms with Crippen molar-refractivity contribution in [3.8, 4) is 5.75 Å². The first-order valence-corrected chi connectivity index (χ1v) is 12.1. The van der Waals surface area contributed by atoms with Gasteiger partial charge in [-0.2, -0.15) is 0 Å². The minimum absolute atomic E-state index is 0.0934. The van der Waals surface area contributed by atoms with Gasteiger partial charge in [-0.25, -0.2) is 0 Å². The van der Waals surface area contributed by atoms with Gasteiger partial charge in [0.25, 0.3) is 11.8 Å². The van der Waals surface area contributed by atoms with E-state index in [0.717, 1.165) is 31.4 Å². The molecule has 3 N–H and O–H groups in total. The molecule has 4 atom stereocenters. The smallest absolute Gasteiger partial charge is 0.276 e. The predicted molar refractivity (Wildman–Crippen MR) is 127 cm³/mol. The molecule has 3 heterocycles. The number of ether oxygens (including phenoxy) is 1. The van der Waals surface area contributed by atoms with Gasteiger partial charge in [0.1, 0.15) is 18.3 Å². The van der Waals surface area contributed by atoms with Gasteiger partial charge in [0, 0.05) is 18.8 Å². The van der Waals surface area contributed by atoms with Crippen molar-refractivity contribution in [3.05, 3.63) is 63.6 Å². The molecule has 1 saturated heterocycles. The van der Waals surface area contributed by atoms with Crippen LogP contribution in [-0.2, 0) is 13.2 Å². The lowest BCUT2D eigenvalue weighted by Gasteiger charge is -2.49. The molecule has 34 heavy (non-hydrogen) atoms. The van der Waals surface area contributed by atoms with E-state index in [9.17, 15) is 14.4 Å². The molecule has 2 amide bonds. The number of fused-ring (bicyclic) bond motifs is 4. The summed E-state index contributed by atoms with van der Waals surface area (Å²) in [6.07, 6.45) is 4.49. The average Bonchev–Trinajstić information content (AvgIpc) is 3.21. The summed E-state index contributed by atoms with van der Waals surface area (Å²) in [4.78, 5) is 41.2. The Morgan fingerprint density at radius 2 is 1.97 bits per heavy atom. The van der Waals surface area contributed by atoms with Crippen LogP contribution in [-0.4, -0.2) is 40.0 Å². The number of nitrogens with two attached hydrogens (primary N) is 1. The fourth-order valence-electron chi connectivity index (χ4n) is 6.07. The fourth-order valence-corrected chi connectivity index (χ4v) is 6.07. The van der Waals surface area contributed by atoms with Gasteiger partial charge in [0.15, 0.2) is 11.4 Å². The Balaban J connectivity index is 1.56. The average molecular weight is 465 g/mol. The second-order valence-corrected chi connectivity index (χ2v) is 10.2. The van der Waals surface area contributed by atoms with Crippen LogP contribution in [0.3, 0.4) is 0 Å². The number of amides is 2. The Labute approximate surface area is 199 Å². The van der Waals surface area contributed by atoms with E-state index in [4.69, 9.17) is 10.5 Å². The molecule has 1 saturated carbocycles. The van der Waals surface area contributed by atoms with Gasteiger partial charge in [-0.1, -0.05) is 44.2 Å². The number of primary amides is 1. The number of hydrogen-bond donors (Lipinski definition) is 2. The Bertz CT molecular complexity index is 1160. The van der Waals surface area contributed by atoms with Gasteiger partial charge in [-0.15, -0.1) is 0 Å². The first-order valence-electron chi connectivity index (χ1n) is 12.1. The lowest BCUT2D eigenvalue weighted by atomic mass is 9.86. The molecule has 4 unspecified atom stereocenters. The number of nitrogens with zero attached hydrogens (tertiary/aromatic N) is 2. The molecular formula is C26H32N4O4. The number of pyridine rings is 1. The molecule has 2 aliphatic heterocycles. The molecule has 1 aromatic carbocycles. The van der Waals surface area contributed by atoms with Gasteiger partial charge in [-0.05, 0) is 42.6 Å². The van der Waals surface area contributed by atoms with E-state index >= 15 is 0 Å². The fraction of sp³-hybridized carbons (Fsp3) is 0.500. The predicted octanol–water partition coefficient (Wildman–Crippen LogP) is 2.35. The van der Waals surface area contributed by atoms with Gasteiger partial charge >= 0.3 is 0 Å². The Kier molecular flexibility index (Phi) is 5.93. The third-order valence-corrected chi connectivity index (χ3v) is 7.46. The number of nitrogens with one attached hydrogen (secondary N) is 1. The summed E-state index contributed by atoms with van der Waals surface area (Å²) in [6, 6.07) is 9.56. The molecule has 1 aromatic heterocycles. The normalized spacial score (nSPS) is 25.6. The highest BCUT2D eigenvalue weighted by Gasteiger charge is 2.50. The largest absolute Gasteiger partial charge is 0.483 e. The Morgan fingerprint density at radius 3 is 2.68 bits per heavy atom. The summed E-state index contributed by atoms with van der Waals surface area (Å²) in [6.45, 7) is 5.85. The van der Waals surface area contributed by atoms with Gasteiger partial charge in [0.2, 0.25) is 5.43 Å². The van der Waals surface area contributed by atoms with Crippen molar-refractivity contribution in [1.82, 2.24) is 14.8 Å². The van der Waals surface area contributed by atoms with Crippen LogP contribution >= 0.6 is 0 Å². The van der Waals surface area contributed by atoms with Crippen molar-refractivity contribution >= 4 is 11.8 Å². The Morgan fingerprint density at radius 1 is 1.21 bits per heavy atom. The SMILES string of the molecule is CC(C)CC1CCC2CNC3Cn4cc(C(N)=O)c(=O)c(OCc5ccccc5)c4C(=O)N3C21. The molecule has 2 aromatic rings. The molecule has 180 valence electrons. The molecule has 2 fully saturated rings. The highest BCUT2D eigenvalue weighted by molar-refractivity contribution is 5.99. The van der Waals surface area contributed by atoms with E-state index in [2.05, 4.69) is 19.2 Å². The van der Waals surface area contributed by atoms with Gasteiger partial charge < -0.3 is 19.9 Å². The molecule has 1 aliphatic carbocycles. The van der Waals surface area contributed by atoms with Crippen LogP contribution in [0.25, 0.3) is 0 Å². The first kappa shape index (κ1) is 22.7. The van der Waals surface area contributed by atoms with Crippen LogP contribution in [0.2, 0.25) is 0 Å². The van der Waals surface area contributed by atoms with Gasteiger partial charge in [-0.3, -0.25) is 19.7 Å². The highest BCUT2D eigenvalue weighted by atomic mass is 16.5. The Hall–Kier alpha value is -3.13. The van der Waals surface area contributed by atoms with Crippen LogP contribution in [0.1, 0.15) is 59.5 Å². The lowest BCUT2D eigenvalue weighted by Crippen LogP contribution is -2.66. The van der Waals surface area contributed by atoms with Crippen LogP contribution in [0.5, 0.6) is 5.75 Å². The van der Waals surface area contributed by atoms with Gasteiger partial charge in [0.05, 0.1) is 6.54 Å². The maximum Gasteiger partial charge on any atom is 0.276 e. The monoisotopic (exact) mass is 464 g/mol. The second-order valence-electron chi connectivity index (χ2n) is 10.2. The molecule has 5 rings (SSSR count). The van der Waals surface area contributed by atoms with Crippen molar-refractivity contribution in [1.29, 1.82) is 0 Å². The quantitative estimate of drug-likeness (QED) is 0.683. The van der Waals surface area contributed by atoms with Crippen molar-refractivity contribution < 1.29 is 14.3 Å². The summed E-state index contributed by atoms with van der Waals surface area (Å²) >= 11 is 0. The zero-order chi connectivity index (χ0) is 24.0. The maximum absolute atomic E-state index is 14.0. The topological polar surface area (TPSA) is 107 Å². The van der Waals surface area contributed by atoms with Crippen LogP contribution in [0.15, 0.2) is 41.3 Å². The summed E-state index contributed by atoms with van der Waals surface area (Å²) in [5.41, 5.74) is 5.78. The number of carbonyl (C=O) groups excluding carboxylic acids is 2. The summed E-state index contributed by atoms with van der Waals surface area (Å²) < 4.78 is 7.63. The van der Waals surface area contributed by atoms with E-state index in [1.807, 2.05) is 35.2 Å². The standard InChI is InChI=1S/C26H32N4O4/c1-15(2)10-17-8-9-18-11-28-20-13-29-12-19(25(27)32)23(31)24(22(29)26(33)30(20)21(17)18)34-14-16-6-4-3-5-7-16/h3-7,12,15,17-18,20-21,28H,8-11,13-14H2,1-2H3,(H2,27,32). The second kappa shape index (κ2) is 8.91. The summed E-state index contributed by atoms with van der Waals surface area (Å²) in [5, 5.41) is 3.53. The molecule has 0 radical (unpaired) electrons. The maximum atomic E-state index is 14.0. The third kappa shape index (κ3) is 3.90. The van der Waals surface area contributed by atoms with Crippen LogP contribution in [0.4, 0.5) is 0 Å². The molecule has 8 nitrogen and oxygen atoms in total. The molecule has 0 spiro atoms. The third-order valence-electron chi connectivity index (χ3n) is 7.46. The number of hydrogen-bond acceptors (Lipinski definition) is 5. The van der Waals surface area contributed by atoms with Crippen LogP contribution in [0, 0.1) is 17.8 Å². The van der Waals surface area contributed by atoms with E-state index in [1.54, 1.807) is 4.57 Å². The minimum atomic E-state index is -0.829. The first-order chi connectivity index (χ1) is 16.3. The number of aromatic nitrogens is 1. The van der Waals surface area contributed by atoms with Crippen molar-refractivity contribution in [2.24, 2.45) is 23.5 Å². The number of carbonyl (C=O) groups is 2. The summed E-state index contributed by atoms with van der Waals surface area (Å²) in [7, 11) is 0. The molecular weight excluding hydrogens is 432 g/mol. The zero-order valence-electron chi connectivity index (χ0n) is 19.7. The van der Waals surface area contributed by atoms with Crippen molar-refractivity contribution in [2.45, 2.75) is 58.5 Å². The summed E-state index contributed by atoms with van der Waals surface area (Å²) in [5.74, 6) is 0.254. The van der Waals surface area contributed by atoms with E-state index in [1.165, 1.54) is 6.20 Å². The van der Waals surface area contributed by atoms with E-state index < -0.39 is 11.3 Å². The highest BCUT2D eigenvalue weighted by Crippen LogP contribution is 2.43. The van der Waals surface area contributed by atoms with E-state index in [0.29, 0.717) is 24.3 Å². The molecule has 3 aliphatic rings. The number of benzene rings is 1. The number of rotatable bonds is 6. The molecule has 0 bridgehead atoms.